The van der Waals surface area contributed by atoms with E-state index in [1.54, 1.807) is 0 Å². The van der Waals surface area contributed by atoms with Crippen molar-refractivity contribution in [2.45, 2.75) is 58.2 Å². The van der Waals surface area contributed by atoms with Gasteiger partial charge < -0.3 is 15.2 Å². The van der Waals surface area contributed by atoms with Gasteiger partial charge in [0.1, 0.15) is 0 Å². The second-order valence-electron chi connectivity index (χ2n) is 5.77. The zero-order valence-corrected chi connectivity index (χ0v) is 13.2. The first-order valence-electron chi connectivity index (χ1n) is 7.60. The third kappa shape index (κ3) is 8.48. The van der Waals surface area contributed by atoms with Gasteiger partial charge in [-0.15, -0.1) is 0 Å². The molecule has 0 aliphatic rings. The first kappa shape index (κ1) is 17.7. The highest BCUT2D eigenvalue weighted by Gasteiger charge is 2.15. The van der Waals surface area contributed by atoms with Crippen molar-refractivity contribution in [2.75, 3.05) is 6.61 Å². The monoisotopic (exact) mass is 293 g/mol. The van der Waals surface area contributed by atoms with Crippen LogP contribution in [-0.4, -0.2) is 35.9 Å². The van der Waals surface area contributed by atoms with Gasteiger partial charge in [0.25, 0.3) is 0 Å². The lowest BCUT2D eigenvalue weighted by molar-refractivity contribution is -0.137. The van der Waals surface area contributed by atoms with Gasteiger partial charge in [-0.05, 0) is 39.2 Å². The van der Waals surface area contributed by atoms with Crippen LogP contribution in [0.1, 0.15) is 39.2 Å². The van der Waals surface area contributed by atoms with E-state index in [0.29, 0.717) is 13.0 Å². The van der Waals surface area contributed by atoms with Crippen molar-refractivity contribution in [3.63, 3.8) is 0 Å². The lowest BCUT2D eigenvalue weighted by Gasteiger charge is -2.24. The third-order valence-corrected chi connectivity index (χ3v) is 3.23. The number of hydrogen-bond donors (Lipinski definition) is 2. The number of hydrogen-bond acceptors (Lipinski definition) is 3. The summed E-state index contributed by atoms with van der Waals surface area (Å²) >= 11 is 0. The lowest BCUT2D eigenvalue weighted by atomic mass is 10.0. The molecule has 0 aliphatic carbocycles. The van der Waals surface area contributed by atoms with Gasteiger partial charge in [-0.1, -0.05) is 30.3 Å². The van der Waals surface area contributed by atoms with E-state index in [0.717, 1.165) is 6.42 Å². The normalized spacial score (nSPS) is 14.1. The van der Waals surface area contributed by atoms with Crippen LogP contribution < -0.4 is 5.32 Å². The average molecular weight is 293 g/mol. The van der Waals surface area contributed by atoms with E-state index in [9.17, 15) is 4.79 Å². The van der Waals surface area contributed by atoms with Gasteiger partial charge in [0.05, 0.1) is 12.7 Å². The minimum atomic E-state index is -0.749. The minimum Gasteiger partial charge on any atom is -0.481 e. The fraction of sp³-hybridized carbons (Fsp3) is 0.588. The molecule has 1 aromatic carbocycles. The Balaban J connectivity index is 2.53. The van der Waals surface area contributed by atoms with Crippen LogP contribution in [0.4, 0.5) is 0 Å². The summed E-state index contributed by atoms with van der Waals surface area (Å²) in [6.45, 7) is 6.73. The van der Waals surface area contributed by atoms with E-state index in [2.05, 4.69) is 24.4 Å². The summed E-state index contributed by atoms with van der Waals surface area (Å²) < 4.78 is 5.60. The molecular formula is C17H27NO3. The average Bonchev–Trinajstić information content (AvgIpc) is 2.43. The van der Waals surface area contributed by atoms with E-state index in [1.165, 1.54) is 5.56 Å². The molecule has 0 amide bonds. The number of carbonyl (C=O) groups is 1. The zero-order valence-electron chi connectivity index (χ0n) is 13.2. The quantitative estimate of drug-likeness (QED) is 0.696. The molecule has 0 radical (unpaired) electrons. The second-order valence-corrected chi connectivity index (χ2v) is 5.77. The molecule has 2 atom stereocenters. The smallest absolute Gasteiger partial charge is 0.303 e. The van der Waals surface area contributed by atoms with Crippen LogP contribution in [0.5, 0.6) is 0 Å². The standard InChI is InChI=1S/C17H27NO3/c1-13(2)21-12-14(3)18-16(9-10-17(19)20)11-15-7-5-4-6-8-15/h4-8,13-14,16,18H,9-12H2,1-3H3,(H,19,20). The van der Waals surface area contributed by atoms with Crippen LogP contribution in [0.15, 0.2) is 30.3 Å². The summed E-state index contributed by atoms with van der Waals surface area (Å²) in [6, 6.07) is 10.5. The van der Waals surface area contributed by atoms with E-state index in [-0.39, 0.29) is 24.6 Å². The Morgan fingerprint density at radius 1 is 1.24 bits per heavy atom. The predicted molar refractivity (Wildman–Crippen MR) is 84.5 cm³/mol. The maximum absolute atomic E-state index is 10.8. The number of nitrogens with one attached hydrogen (secondary N) is 1. The van der Waals surface area contributed by atoms with Crippen molar-refractivity contribution < 1.29 is 14.6 Å². The van der Waals surface area contributed by atoms with Crippen LogP contribution in [-0.2, 0) is 16.0 Å². The van der Waals surface area contributed by atoms with Crippen LogP contribution >= 0.6 is 0 Å². The molecule has 0 bridgehead atoms. The molecule has 1 aromatic rings. The molecule has 0 aromatic heterocycles. The number of rotatable bonds is 10. The summed E-state index contributed by atoms with van der Waals surface area (Å²) in [5.41, 5.74) is 1.22. The van der Waals surface area contributed by atoms with Gasteiger partial charge in [-0.3, -0.25) is 4.79 Å². The first-order chi connectivity index (χ1) is 9.97. The van der Waals surface area contributed by atoms with Crippen molar-refractivity contribution in [3.05, 3.63) is 35.9 Å². The van der Waals surface area contributed by atoms with Crippen LogP contribution in [0.25, 0.3) is 0 Å². The molecule has 1 rings (SSSR count). The van der Waals surface area contributed by atoms with E-state index >= 15 is 0 Å². The maximum atomic E-state index is 10.8. The fourth-order valence-corrected chi connectivity index (χ4v) is 2.23. The number of aliphatic carboxylic acids is 1. The highest BCUT2D eigenvalue weighted by atomic mass is 16.5. The Hall–Kier alpha value is -1.39. The molecule has 0 saturated heterocycles. The Bertz CT molecular complexity index is 406. The van der Waals surface area contributed by atoms with Crippen molar-refractivity contribution in [1.82, 2.24) is 5.32 Å². The molecule has 4 heteroatoms. The van der Waals surface area contributed by atoms with Crippen molar-refractivity contribution in [1.29, 1.82) is 0 Å². The van der Waals surface area contributed by atoms with Crippen molar-refractivity contribution >= 4 is 5.97 Å². The van der Waals surface area contributed by atoms with Crippen molar-refractivity contribution in [3.8, 4) is 0 Å². The number of carboxylic acids is 1. The second kappa shape index (κ2) is 9.53. The SMILES string of the molecule is CC(COC(C)C)NC(CCC(=O)O)Cc1ccccc1. The lowest BCUT2D eigenvalue weighted by Crippen LogP contribution is -2.41. The van der Waals surface area contributed by atoms with E-state index in [4.69, 9.17) is 9.84 Å². The van der Waals surface area contributed by atoms with Crippen LogP contribution in [0.3, 0.4) is 0 Å². The molecule has 4 nitrogen and oxygen atoms in total. The fourth-order valence-electron chi connectivity index (χ4n) is 2.23. The van der Waals surface area contributed by atoms with Gasteiger partial charge in [0.2, 0.25) is 0 Å². The topological polar surface area (TPSA) is 58.6 Å². The summed E-state index contributed by atoms with van der Waals surface area (Å²) in [5, 5.41) is 12.4. The third-order valence-electron chi connectivity index (χ3n) is 3.23. The minimum absolute atomic E-state index is 0.147. The summed E-state index contributed by atoms with van der Waals surface area (Å²) in [7, 11) is 0. The first-order valence-corrected chi connectivity index (χ1v) is 7.60. The predicted octanol–water partition coefficient (Wildman–Crippen LogP) is 2.87. The number of carboxylic acid groups (broad SMARTS) is 1. The summed E-state index contributed by atoms with van der Waals surface area (Å²) in [4.78, 5) is 10.8. The van der Waals surface area contributed by atoms with Crippen LogP contribution in [0, 0.1) is 0 Å². The van der Waals surface area contributed by atoms with E-state index < -0.39 is 5.97 Å². The highest BCUT2D eigenvalue weighted by Crippen LogP contribution is 2.09. The van der Waals surface area contributed by atoms with Crippen molar-refractivity contribution in [2.24, 2.45) is 0 Å². The Labute approximate surface area is 127 Å². The molecule has 2 unspecified atom stereocenters. The molecule has 0 spiro atoms. The molecule has 0 saturated carbocycles. The number of ether oxygens (including phenoxy) is 1. The zero-order chi connectivity index (χ0) is 15.7. The van der Waals surface area contributed by atoms with Gasteiger partial charge in [-0.25, -0.2) is 0 Å². The number of benzene rings is 1. The van der Waals surface area contributed by atoms with E-state index in [1.807, 2.05) is 32.0 Å². The molecule has 0 fully saturated rings. The molecule has 0 aliphatic heterocycles. The largest absolute Gasteiger partial charge is 0.481 e. The molecule has 2 N–H and O–H groups in total. The summed E-state index contributed by atoms with van der Waals surface area (Å²) in [6.07, 6.45) is 1.85. The Kier molecular flexibility index (Phi) is 8.01. The Morgan fingerprint density at radius 3 is 2.48 bits per heavy atom. The Morgan fingerprint density at radius 2 is 1.90 bits per heavy atom. The van der Waals surface area contributed by atoms with Crippen LogP contribution in [0.2, 0.25) is 0 Å². The molecular weight excluding hydrogens is 266 g/mol. The van der Waals surface area contributed by atoms with Gasteiger partial charge in [0, 0.05) is 18.5 Å². The van der Waals surface area contributed by atoms with Gasteiger partial charge >= 0.3 is 5.97 Å². The summed E-state index contributed by atoms with van der Waals surface area (Å²) in [5.74, 6) is -0.749. The molecule has 21 heavy (non-hydrogen) atoms. The maximum Gasteiger partial charge on any atom is 0.303 e. The molecule has 0 heterocycles. The molecule has 118 valence electrons. The van der Waals surface area contributed by atoms with Gasteiger partial charge in [-0.2, -0.15) is 0 Å². The highest BCUT2D eigenvalue weighted by molar-refractivity contribution is 5.66. The van der Waals surface area contributed by atoms with Gasteiger partial charge in [0.15, 0.2) is 0 Å².